The molecule has 0 saturated carbocycles. The van der Waals surface area contributed by atoms with Gasteiger partial charge in [0.2, 0.25) is 0 Å². The SMILES string of the molecule is COC(=O)c1c(-c2ccc(F)cc2)csc1NC(=O)c1cc2c(s1)CCC2. The zero-order valence-corrected chi connectivity index (χ0v) is 16.1. The average molecular weight is 401 g/mol. The molecule has 0 unspecified atom stereocenters. The van der Waals surface area contributed by atoms with Gasteiger partial charge in [0, 0.05) is 15.8 Å². The fraction of sp³-hybridized carbons (Fsp3) is 0.200. The third-order valence-electron chi connectivity index (χ3n) is 4.53. The van der Waals surface area contributed by atoms with Gasteiger partial charge in [-0.25, -0.2) is 9.18 Å². The van der Waals surface area contributed by atoms with Crippen LogP contribution in [-0.2, 0) is 17.6 Å². The maximum atomic E-state index is 13.2. The Labute approximate surface area is 163 Å². The van der Waals surface area contributed by atoms with Crippen molar-refractivity contribution in [1.29, 1.82) is 0 Å². The standard InChI is InChI=1S/C20H16FNO3S2/c1-25-20(24)17-14(11-5-7-13(21)8-6-11)10-26-19(17)22-18(23)16-9-12-3-2-4-15(12)27-16/h5-10H,2-4H2,1H3,(H,22,23). The molecule has 7 heteroatoms. The Balaban J connectivity index is 1.66. The Bertz CT molecular complexity index is 999. The fourth-order valence-corrected chi connectivity index (χ4v) is 5.30. The van der Waals surface area contributed by atoms with E-state index in [-0.39, 0.29) is 17.3 Å². The van der Waals surface area contributed by atoms with Crippen molar-refractivity contribution in [3.63, 3.8) is 0 Å². The molecule has 27 heavy (non-hydrogen) atoms. The Morgan fingerprint density at radius 3 is 2.67 bits per heavy atom. The van der Waals surface area contributed by atoms with Crippen LogP contribution in [0.1, 0.15) is 36.9 Å². The number of amides is 1. The first kappa shape index (κ1) is 17.9. The molecule has 1 N–H and O–H groups in total. The topological polar surface area (TPSA) is 55.4 Å². The normalized spacial score (nSPS) is 12.7. The predicted octanol–water partition coefficient (Wildman–Crippen LogP) is 5.14. The van der Waals surface area contributed by atoms with Crippen molar-refractivity contribution < 1.29 is 18.7 Å². The van der Waals surface area contributed by atoms with E-state index in [4.69, 9.17) is 4.74 Å². The van der Waals surface area contributed by atoms with E-state index in [9.17, 15) is 14.0 Å². The molecule has 4 nitrogen and oxygen atoms in total. The van der Waals surface area contributed by atoms with E-state index in [1.165, 1.54) is 52.4 Å². The van der Waals surface area contributed by atoms with Crippen LogP contribution in [0.5, 0.6) is 0 Å². The number of hydrogen-bond donors (Lipinski definition) is 1. The molecule has 1 aliphatic rings. The Kier molecular flexibility index (Phi) is 4.80. The summed E-state index contributed by atoms with van der Waals surface area (Å²) < 4.78 is 18.1. The van der Waals surface area contributed by atoms with Crippen molar-refractivity contribution in [2.45, 2.75) is 19.3 Å². The maximum absolute atomic E-state index is 13.2. The number of carbonyl (C=O) groups is 2. The first-order valence-electron chi connectivity index (χ1n) is 8.45. The minimum absolute atomic E-state index is 0.230. The van der Waals surface area contributed by atoms with E-state index in [0.29, 0.717) is 21.0 Å². The van der Waals surface area contributed by atoms with E-state index in [1.807, 2.05) is 6.07 Å². The van der Waals surface area contributed by atoms with Gasteiger partial charge < -0.3 is 10.1 Å². The van der Waals surface area contributed by atoms with Crippen LogP contribution < -0.4 is 5.32 Å². The Morgan fingerprint density at radius 2 is 1.96 bits per heavy atom. The van der Waals surface area contributed by atoms with E-state index in [1.54, 1.807) is 17.5 Å². The van der Waals surface area contributed by atoms with E-state index in [2.05, 4.69) is 5.32 Å². The second kappa shape index (κ2) is 7.25. The molecule has 1 aromatic carbocycles. The maximum Gasteiger partial charge on any atom is 0.341 e. The number of aryl methyl sites for hydroxylation is 2. The predicted molar refractivity (Wildman–Crippen MR) is 105 cm³/mol. The van der Waals surface area contributed by atoms with Gasteiger partial charge in [-0.2, -0.15) is 0 Å². The van der Waals surface area contributed by atoms with Gasteiger partial charge in [0.1, 0.15) is 16.4 Å². The van der Waals surface area contributed by atoms with Crippen LogP contribution >= 0.6 is 22.7 Å². The van der Waals surface area contributed by atoms with Gasteiger partial charge in [0.25, 0.3) is 5.91 Å². The molecule has 0 bridgehead atoms. The van der Waals surface area contributed by atoms with Crippen LogP contribution in [0.2, 0.25) is 0 Å². The largest absolute Gasteiger partial charge is 0.465 e. The zero-order valence-electron chi connectivity index (χ0n) is 14.5. The highest BCUT2D eigenvalue weighted by atomic mass is 32.1. The molecule has 0 atom stereocenters. The average Bonchev–Trinajstić information content (AvgIpc) is 3.36. The van der Waals surface area contributed by atoms with Crippen molar-refractivity contribution in [3.8, 4) is 11.1 Å². The highest BCUT2D eigenvalue weighted by Crippen LogP contribution is 2.37. The third-order valence-corrected chi connectivity index (χ3v) is 6.66. The number of carbonyl (C=O) groups excluding carboxylic acids is 2. The van der Waals surface area contributed by atoms with Crippen LogP contribution in [0, 0.1) is 5.82 Å². The molecule has 3 aromatic rings. The Hall–Kier alpha value is -2.51. The lowest BCUT2D eigenvalue weighted by Crippen LogP contribution is -2.13. The number of thiophene rings is 2. The number of methoxy groups -OCH3 is 1. The molecule has 0 saturated heterocycles. The van der Waals surface area contributed by atoms with E-state index in [0.717, 1.165) is 19.3 Å². The number of rotatable bonds is 4. The molecule has 0 aliphatic heterocycles. The minimum Gasteiger partial charge on any atom is -0.465 e. The first-order chi connectivity index (χ1) is 13.1. The van der Waals surface area contributed by atoms with Crippen LogP contribution in [0.3, 0.4) is 0 Å². The van der Waals surface area contributed by atoms with E-state index >= 15 is 0 Å². The number of nitrogens with one attached hydrogen (secondary N) is 1. The molecule has 1 aliphatic carbocycles. The van der Waals surface area contributed by atoms with Crippen molar-refractivity contribution in [2.24, 2.45) is 0 Å². The van der Waals surface area contributed by atoms with Crippen LogP contribution in [0.15, 0.2) is 35.7 Å². The molecule has 1 amide bonds. The number of fused-ring (bicyclic) bond motifs is 1. The second-order valence-electron chi connectivity index (χ2n) is 6.22. The van der Waals surface area contributed by atoms with Gasteiger partial charge in [-0.3, -0.25) is 4.79 Å². The summed E-state index contributed by atoms with van der Waals surface area (Å²) in [5, 5.41) is 5.05. The third kappa shape index (κ3) is 3.40. The number of halogens is 1. The fourth-order valence-electron chi connectivity index (χ4n) is 3.20. The summed E-state index contributed by atoms with van der Waals surface area (Å²) in [5.74, 6) is -1.13. The highest BCUT2D eigenvalue weighted by Gasteiger charge is 2.24. The quantitative estimate of drug-likeness (QED) is 0.616. The first-order valence-corrected chi connectivity index (χ1v) is 10.1. The smallest absolute Gasteiger partial charge is 0.341 e. The molecular weight excluding hydrogens is 385 g/mol. The van der Waals surface area contributed by atoms with Crippen molar-refractivity contribution in [2.75, 3.05) is 12.4 Å². The van der Waals surface area contributed by atoms with Gasteiger partial charge in [-0.05, 0) is 48.6 Å². The highest BCUT2D eigenvalue weighted by molar-refractivity contribution is 7.16. The van der Waals surface area contributed by atoms with Crippen LogP contribution in [-0.4, -0.2) is 19.0 Å². The molecular formula is C20H16FNO3S2. The second-order valence-corrected chi connectivity index (χ2v) is 8.24. The van der Waals surface area contributed by atoms with Crippen LogP contribution in [0.25, 0.3) is 11.1 Å². The molecule has 2 aromatic heterocycles. The van der Waals surface area contributed by atoms with Gasteiger partial charge in [0.05, 0.1) is 12.0 Å². The van der Waals surface area contributed by atoms with Crippen LogP contribution in [0.4, 0.5) is 9.39 Å². The van der Waals surface area contributed by atoms with Gasteiger partial charge in [0.15, 0.2) is 0 Å². The summed E-state index contributed by atoms with van der Waals surface area (Å²) in [6, 6.07) is 7.80. The van der Waals surface area contributed by atoms with Crippen molar-refractivity contribution in [3.05, 3.63) is 62.4 Å². The number of benzene rings is 1. The Morgan fingerprint density at radius 1 is 1.19 bits per heavy atom. The van der Waals surface area contributed by atoms with Crippen molar-refractivity contribution >= 4 is 39.6 Å². The monoisotopic (exact) mass is 401 g/mol. The molecule has 0 radical (unpaired) electrons. The number of esters is 1. The summed E-state index contributed by atoms with van der Waals surface area (Å²) in [4.78, 5) is 26.9. The lowest BCUT2D eigenvalue weighted by Gasteiger charge is -2.07. The number of hydrogen-bond acceptors (Lipinski definition) is 5. The zero-order chi connectivity index (χ0) is 19.0. The number of anilines is 1. The van der Waals surface area contributed by atoms with Gasteiger partial charge in [-0.15, -0.1) is 22.7 Å². The minimum atomic E-state index is -0.542. The lowest BCUT2D eigenvalue weighted by molar-refractivity contribution is 0.0603. The molecule has 0 spiro atoms. The van der Waals surface area contributed by atoms with Gasteiger partial charge in [-0.1, -0.05) is 12.1 Å². The van der Waals surface area contributed by atoms with Crippen molar-refractivity contribution in [1.82, 2.24) is 0 Å². The van der Waals surface area contributed by atoms with E-state index < -0.39 is 5.97 Å². The van der Waals surface area contributed by atoms with Gasteiger partial charge >= 0.3 is 5.97 Å². The summed E-state index contributed by atoms with van der Waals surface area (Å²) in [7, 11) is 1.30. The summed E-state index contributed by atoms with van der Waals surface area (Å²) in [5.41, 5.74) is 2.82. The lowest BCUT2D eigenvalue weighted by atomic mass is 10.0. The number of ether oxygens (including phenoxy) is 1. The molecule has 0 fully saturated rings. The molecule has 138 valence electrons. The molecule has 2 heterocycles. The summed E-state index contributed by atoms with van der Waals surface area (Å²) in [6.07, 6.45) is 3.18. The summed E-state index contributed by atoms with van der Waals surface area (Å²) >= 11 is 2.76. The molecule has 4 rings (SSSR count). The summed E-state index contributed by atoms with van der Waals surface area (Å²) in [6.45, 7) is 0.